The van der Waals surface area contributed by atoms with Gasteiger partial charge < -0.3 is 9.73 Å². The number of nitrogens with one attached hydrogen (secondary N) is 1. The molecule has 0 saturated heterocycles. The van der Waals surface area contributed by atoms with Gasteiger partial charge in [0.1, 0.15) is 16.5 Å². The van der Waals surface area contributed by atoms with E-state index in [1.54, 1.807) is 23.8 Å². The Kier molecular flexibility index (Phi) is 6.72. The number of hydrogen-bond donors (Lipinski definition) is 1. The minimum atomic E-state index is -0.134. The normalized spacial score (nSPS) is 11.2. The van der Waals surface area contributed by atoms with Crippen molar-refractivity contribution >= 4 is 44.9 Å². The van der Waals surface area contributed by atoms with Gasteiger partial charge in [-0.05, 0) is 73.2 Å². The summed E-state index contributed by atoms with van der Waals surface area (Å²) in [5, 5.41) is 13.2. The van der Waals surface area contributed by atoms with Crippen LogP contribution in [0.2, 0.25) is 0 Å². The third-order valence-corrected chi connectivity index (χ3v) is 7.83. The van der Waals surface area contributed by atoms with Crippen LogP contribution < -0.4 is 5.32 Å². The van der Waals surface area contributed by atoms with Crippen LogP contribution in [0.25, 0.3) is 32.3 Å². The number of thioether (sulfide) groups is 1. The molecule has 1 amide bonds. The predicted molar refractivity (Wildman–Crippen MR) is 150 cm³/mol. The molecule has 0 radical (unpaired) electrons. The van der Waals surface area contributed by atoms with E-state index in [2.05, 4.69) is 39.6 Å². The molecule has 0 spiro atoms. The van der Waals surface area contributed by atoms with Crippen LogP contribution in [0, 0.1) is 6.92 Å². The van der Waals surface area contributed by atoms with Crippen molar-refractivity contribution in [1.29, 1.82) is 0 Å². The lowest BCUT2D eigenvalue weighted by atomic mass is 10.2. The van der Waals surface area contributed by atoms with Gasteiger partial charge >= 0.3 is 0 Å². The highest BCUT2D eigenvalue weighted by Gasteiger charge is 2.18. The lowest BCUT2D eigenvalue weighted by Gasteiger charge is -2.09. The summed E-state index contributed by atoms with van der Waals surface area (Å²) in [4.78, 5) is 21.9. The minimum Gasteiger partial charge on any atom is -0.467 e. The van der Waals surface area contributed by atoms with Gasteiger partial charge in [-0.2, -0.15) is 0 Å². The fraction of sp³-hybridized carbons (Fsp3) is 0.107. The smallest absolute Gasteiger partial charge is 0.234 e. The predicted octanol–water partition coefficient (Wildman–Crippen LogP) is 6.30. The van der Waals surface area contributed by atoms with Crippen LogP contribution >= 0.6 is 23.1 Å². The summed E-state index contributed by atoms with van der Waals surface area (Å²) in [5.41, 5.74) is 4.66. The van der Waals surface area contributed by atoms with E-state index in [-0.39, 0.29) is 11.7 Å². The molecule has 2 aromatic carbocycles. The second-order valence-corrected chi connectivity index (χ2v) is 10.6. The Morgan fingerprint density at radius 3 is 2.74 bits per heavy atom. The Hall–Kier alpha value is -4.28. The molecule has 0 aliphatic carbocycles. The van der Waals surface area contributed by atoms with Crippen molar-refractivity contribution in [2.75, 3.05) is 11.1 Å². The molecule has 0 unspecified atom stereocenters. The molecular formula is C28H22N6O2S2. The number of benzene rings is 2. The third-order valence-electron chi connectivity index (χ3n) is 5.80. The number of carbonyl (C=O) groups excluding carboxylic acids is 1. The molecule has 0 aliphatic rings. The number of pyridine rings is 1. The Bertz CT molecular complexity index is 1690. The van der Waals surface area contributed by atoms with E-state index in [0.29, 0.717) is 23.2 Å². The van der Waals surface area contributed by atoms with Crippen LogP contribution in [0.4, 0.5) is 5.69 Å². The maximum atomic E-state index is 12.8. The van der Waals surface area contributed by atoms with Crippen molar-refractivity contribution < 1.29 is 9.21 Å². The van der Waals surface area contributed by atoms with E-state index in [1.807, 2.05) is 65.2 Å². The number of aromatic nitrogens is 5. The Balaban J connectivity index is 1.13. The highest BCUT2D eigenvalue weighted by molar-refractivity contribution is 7.99. The second-order valence-electron chi connectivity index (χ2n) is 8.59. The number of hydrogen-bond acceptors (Lipinski definition) is 8. The molecule has 0 bridgehead atoms. The molecular weight excluding hydrogens is 516 g/mol. The van der Waals surface area contributed by atoms with Crippen LogP contribution in [0.1, 0.15) is 11.3 Å². The maximum absolute atomic E-state index is 12.8. The molecule has 8 nitrogen and oxygen atoms in total. The number of fused-ring (bicyclic) bond motifs is 1. The van der Waals surface area contributed by atoms with E-state index in [0.717, 1.165) is 27.5 Å². The summed E-state index contributed by atoms with van der Waals surface area (Å²) < 4.78 is 8.61. The average molecular weight is 539 g/mol. The Labute approximate surface area is 226 Å². The zero-order valence-corrected chi connectivity index (χ0v) is 22.0. The van der Waals surface area contributed by atoms with E-state index >= 15 is 0 Å². The highest BCUT2D eigenvalue weighted by Crippen LogP contribution is 2.31. The number of aryl methyl sites for hydroxylation is 1. The van der Waals surface area contributed by atoms with Crippen LogP contribution in [0.5, 0.6) is 0 Å². The molecule has 4 heterocycles. The lowest BCUT2D eigenvalue weighted by molar-refractivity contribution is -0.113. The third kappa shape index (κ3) is 5.22. The lowest BCUT2D eigenvalue weighted by Crippen LogP contribution is -2.14. The van der Waals surface area contributed by atoms with Gasteiger partial charge in [-0.1, -0.05) is 23.9 Å². The van der Waals surface area contributed by atoms with Gasteiger partial charge in [-0.3, -0.25) is 14.3 Å². The first kappa shape index (κ1) is 24.1. The van der Waals surface area contributed by atoms with Gasteiger partial charge in [0.15, 0.2) is 11.0 Å². The molecule has 0 atom stereocenters. The van der Waals surface area contributed by atoms with Gasteiger partial charge in [0, 0.05) is 17.4 Å². The number of carbonyl (C=O) groups is 1. The Morgan fingerprint density at radius 1 is 1.05 bits per heavy atom. The van der Waals surface area contributed by atoms with E-state index in [4.69, 9.17) is 9.40 Å². The first-order valence-corrected chi connectivity index (χ1v) is 13.7. The second kappa shape index (κ2) is 10.6. The molecule has 1 N–H and O–H groups in total. The average Bonchev–Trinajstić information content (AvgIpc) is 3.69. The van der Waals surface area contributed by atoms with Gasteiger partial charge in [0.2, 0.25) is 5.91 Å². The van der Waals surface area contributed by atoms with Crippen LogP contribution in [-0.2, 0) is 11.3 Å². The van der Waals surface area contributed by atoms with Crippen LogP contribution in [-0.4, -0.2) is 36.4 Å². The van der Waals surface area contributed by atoms with Crippen molar-refractivity contribution in [1.82, 2.24) is 24.7 Å². The quantitative estimate of drug-likeness (QED) is 0.227. The molecule has 4 aromatic heterocycles. The van der Waals surface area contributed by atoms with Crippen molar-refractivity contribution in [3.05, 3.63) is 96.6 Å². The zero-order valence-electron chi connectivity index (χ0n) is 20.4. The van der Waals surface area contributed by atoms with Crippen LogP contribution in [0.3, 0.4) is 0 Å². The minimum absolute atomic E-state index is 0.134. The van der Waals surface area contributed by atoms with Gasteiger partial charge in [-0.15, -0.1) is 21.5 Å². The van der Waals surface area contributed by atoms with Crippen LogP contribution in [0.15, 0.2) is 94.8 Å². The molecule has 6 aromatic rings. The molecule has 0 fully saturated rings. The summed E-state index contributed by atoms with van der Waals surface area (Å²) in [6, 6.07) is 23.4. The first-order chi connectivity index (χ1) is 18.6. The molecule has 38 heavy (non-hydrogen) atoms. The number of nitrogens with zero attached hydrogens (tertiary/aromatic N) is 5. The number of amides is 1. The fourth-order valence-corrected chi connectivity index (χ4v) is 5.77. The molecule has 0 saturated carbocycles. The fourth-order valence-electron chi connectivity index (χ4n) is 3.96. The summed E-state index contributed by atoms with van der Waals surface area (Å²) in [6.45, 7) is 2.51. The van der Waals surface area contributed by atoms with E-state index in [9.17, 15) is 4.79 Å². The van der Waals surface area contributed by atoms with Crippen molar-refractivity contribution in [2.24, 2.45) is 0 Å². The van der Waals surface area contributed by atoms with Gasteiger partial charge in [0.25, 0.3) is 0 Å². The summed E-state index contributed by atoms with van der Waals surface area (Å²) in [5.74, 6) is 1.42. The largest absolute Gasteiger partial charge is 0.467 e. The number of thiazole rings is 1. The zero-order chi connectivity index (χ0) is 25.9. The summed E-state index contributed by atoms with van der Waals surface area (Å²) >= 11 is 2.98. The van der Waals surface area contributed by atoms with E-state index < -0.39 is 0 Å². The standard InChI is InChI=1S/C28H22N6O2S2/c1-18-7-12-22-24(15-18)38-27(31-22)19-8-10-20(11-9-19)30-25(35)17-37-28-33-32-26(23-6-2-3-13-29-23)34(28)16-21-5-4-14-36-21/h2-15H,16-17H2,1H3,(H,30,35). The van der Waals surface area contributed by atoms with Gasteiger partial charge in [0.05, 0.1) is 28.8 Å². The topological polar surface area (TPSA) is 98.7 Å². The summed E-state index contributed by atoms with van der Waals surface area (Å²) in [7, 11) is 0. The van der Waals surface area contributed by atoms with Crippen molar-refractivity contribution in [2.45, 2.75) is 18.6 Å². The van der Waals surface area contributed by atoms with E-state index in [1.165, 1.54) is 22.0 Å². The van der Waals surface area contributed by atoms with Crippen molar-refractivity contribution in [3.8, 4) is 22.1 Å². The number of rotatable bonds is 8. The molecule has 0 aliphatic heterocycles. The van der Waals surface area contributed by atoms with Gasteiger partial charge in [-0.25, -0.2) is 4.98 Å². The highest BCUT2D eigenvalue weighted by atomic mass is 32.2. The SMILES string of the molecule is Cc1ccc2nc(-c3ccc(NC(=O)CSc4nnc(-c5ccccn5)n4Cc4ccco4)cc3)sc2c1. The van der Waals surface area contributed by atoms with Crippen molar-refractivity contribution in [3.63, 3.8) is 0 Å². The molecule has 6 rings (SSSR count). The monoisotopic (exact) mass is 538 g/mol. The Morgan fingerprint density at radius 2 is 1.95 bits per heavy atom. The number of furan rings is 1. The molecule has 10 heteroatoms. The maximum Gasteiger partial charge on any atom is 0.234 e. The molecule has 188 valence electrons. The summed E-state index contributed by atoms with van der Waals surface area (Å²) in [6.07, 6.45) is 3.34. The first-order valence-electron chi connectivity index (χ1n) is 11.9. The number of anilines is 1.